The maximum Gasteiger partial charge on any atom is 0.0994 e. The normalized spacial score (nSPS) is 12.2. The van der Waals surface area contributed by atoms with Crippen LogP contribution in [-0.4, -0.2) is 0 Å². The Morgan fingerprint density at radius 1 is 1.33 bits per heavy atom. The van der Waals surface area contributed by atoms with Gasteiger partial charge in [0.2, 0.25) is 0 Å². The predicted octanol–water partition coefficient (Wildman–Crippen LogP) is 3.97. The van der Waals surface area contributed by atoms with Gasteiger partial charge in [-0.25, -0.2) is 0 Å². The predicted molar refractivity (Wildman–Crippen MR) is 63.9 cm³/mol. The fourth-order valence-electron chi connectivity index (χ4n) is 1.59. The fourth-order valence-corrected chi connectivity index (χ4v) is 1.59. The molecule has 1 rings (SSSR count). The van der Waals surface area contributed by atoms with E-state index in [1.807, 2.05) is 12.1 Å². The molecule has 1 unspecified atom stereocenters. The zero-order valence-electron chi connectivity index (χ0n) is 9.62. The van der Waals surface area contributed by atoms with Crippen molar-refractivity contribution in [1.29, 1.82) is 5.26 Å². The molecule has 0 saturated carbocycles. The average molecular weight is 199 g/mol. The van der Waals surface area contributed by atoms with Crippen molar-refractivity contribution in [1.82, 2.24) is 0 Å². The Kier molecular flexibility index (Phi) is 3.68. The third-order valence-corrected chi connectivity index (χ3v) is 2.70. The molecule has 0 heterocycles. The molecular formula is C14H17N. The van der Waals surface area contributed by atoms with E-state index >= 15 is 0 Å². The molecule has 0 amide bonds. The Morgan fingerprint density at radius 2 is 2.00 bits per heavy atom. The Labute approximate surface area is 92.1 Å². The van der Waals surface area contributed by atoms with E-state index in [0.717, 1.165) is 16.7 Å². The van der Waals surface area contributed by atoms with Crippen LogP contribution in [0.3, 0.4) is 0 Å². The summed E-state index contributed by atoms with van der Waals surface area (Å²) in [7, 11) is 0. The number of nitriles is 1. The molecule has 0 aliphatic heterocycles. The van der Waals surface area contributed by atoms with Crippen molar-refractivity contribution in [2.45, 2.75) is 32.6 Å². The lowest BCUT2D eigenvalue weighted by atomic mass is 9.92. The van der Waals surface area contributed by atoms with E-state index in [9.17, 15) is 0 Å². The zero-order chi connectivity index (χ0) is 11.4. The van der Waals surface area contributed by atoms with Crippen molar-refractivity contribution in [2.75, 3.05) is 0 Å². The van der Waals surface area contributed by atoms with Gasteiger partial charge in [-0.05, 0) is 29.0 Å². The molecule has 0 aliphatic carbocycles. The van der Waals surface area contributed by atoms with Crippen LogP contribution >= 0.6 is 0 Å². The van der Waals surface area contributed by atoms with Gasteiger partial charge in [-0.1, -0.05) is 39.0 Å². The molecule has 1 heteroatoms. The number of benzene rings is 1. The number of nitrogens with zero attached hydrogens (tertiary/aromatic N) is 1. The highest BCUT2D eigenvalue weighted by Gasteiger charge is 2.09. The lowest BCUT2D eigenvalue weighted by Crippen LogP contribution is -1.96. The Bertz CT molecular complexity index is 396. The van der Waals surface area contributed by atoms with Crippen molar-refractivity contribution in [2.24, 2.45) is 0 Å². The number of hydrogen-bond acceptors (Lipinski definition) is 1. The fraction of sp³-hybridized carbons (Fsp3) is 0.357. The Balaban J connectivity index is 3.20. The summed E-state index contributed by atoms with van der Waals surface area (Å²) in [4.78, 5) is 0. The molecular weight excluding hydrogens is 182 g/mol. The van der Waals surface area contributed by atoms with E-state index in [0.29, 0.717) is 11.8 Å². The second kappa shape index (κ2) is 4.79. The molecule has 78 valence electrons. The second-order valence-corrected chi connectivity index (χ2v) is 4.14. The molecule has 0 N–H and O–H groups in total. The molecule has 0 fully saturated rings. The van der Waals surface area contributed by atoms with Crippen molar-refractivity contribution >= 4 is 0 Å². The molecule has 0 spiro atoms. The minimum atomic E-state index is 0.304. The third-order valence-electron chi connectivity index (χ3n) is 2.70. The summed E-state index contributed by atoms with van der Waals surface area (Å²) in [6.07, 6.45) is 1.89. The zero-order valence-corrected chi connectivity index (χ0v) is 9.62. The lowest BCUT2D eigenvalue weighted by molar-refractivity contribution is 0.857. The number of rotatable bonds is 3. The van der Waals surface area contributed by atoms with E-state index in [2.05, 4.69) is 45.6 Å². The van der Waals surface area contributed by atoms with Crippen molar-refractivity contribution < 1.29 is 0 Å². The summed E-state index contributed by atoms with van der Waals surface area (Å²) < 4.78 is 0. The van der Waals surface area contributed by atoms with E-state index < -0.39 is 0 Å². The largest absolute Gasteiger partial charge is 0.192 e. The average Bonchev–Trinajstić information content (AvgIpc) is 2.26. The van der Waals surface area contributed by atoms with Gasteiger partial charge in [0.15, 0.2) is 0 Å². The summed E-state index contributed by atoms with van der Waals surface area (Å²) >= 11 is 0. The first kappa shape index (κ1) is 11.5. The molecule has 15 heavy (non-hydrogen) atoms. The van der Waals surface area contributed by atoms with Gasteiger partial charge in [0, 0.05) is 0 Å². The van der Waals surface area contributed by atoms with Gasteiger partial charge >= 0.3 is 0 Å². The van der Waals surface area contributed by atoms with Crippen LogP contribution in [0, 0.1) is 11.3 Å². The van der Waals surface area contributed by atoms with Crippen LogP contribution in [-0.2, 0) is 0 Å². The van der Waals surface area contributed by atoms with E-state index in [1.165, 1.54) is 0 Å². The minimum absolute atomic E-state index is 0.304. The van der Waals surface area contributed by atoms with Crippen LogP contribution < -0.4 is 0 Å². The highest BCUT2D eigenvalue weighted by Crippen LogP contribution is 2.24. The van der Waals surface area contributed by atoms with Crippen LogP contribution in [0.1, 0.15) is 49.3 Å². The third kappa shape index (κ3) is 2.47. The van der Waals surface area contributed by atoms with Gasteiger partial charge in [0.25, 0.3) is 0 Å². The first-order chi connectivity index (χ1) is 7.10. The monoisotopic (exact) mass is 199 g/mol. The molecule has 1 aromatic rings. The summed E-state index contributed by atoms with van der Waals surface area (Å²) in [5.41, 5.74) is 3.07. The molecule has 0 aliphatic rings. The SMILES string of the molecule is C=CC(C)c1ccc(C(C)C)c(C#N)c1. The van der Waals surface area contributed by atoms with Crippen LogP contribution in [0.25, 0.3) is 0 Å². The summed E-state index contributed by atoms with van der Waals surface area (Å²) in [6, 6.07) is 8.38. The molecule has 0 aromatic heterocycles. The van der Waals surface area contributed by atoms with E-state index in [1.54, 1.807) is 0 Å². The highest BCUT2D eigenvalue weighted by atomic mass is 14.3. The highest BCUT2D eigenvalue weighted by molar-refractivity contribution is 5.43. The van der Waals surface area contributed by atoms with Gasteiger partial charge in [-0.2, -0.15) is 5.26 Å². The lowest BCUT2D eigenvalue weighted by Gasteiger charge is -2.12. The van der Waals surface area contributed by atoms with Gasteiger partial charge in [0.05, 0.1) is 11.6 Å². The molecule has 0 radical (unpaired) electrons. The second-order valence-electron chi connectivity index (χ2n) is 4.14. The van der Waals surface area contributed by atoms with Gasteiger partial charge in [0.1, 0.15) is 0 Å². The topological polar surface area (TPSA) is 23.8 Å². The van der Waals surface area contributed by atoms with Crippen LogP contribution in [0.2, 0.25) is 0 Å². The molecule has 0 bridgehead atoms. The van der Waals surface area contributed by atoms with Crippen molar-refractivity contribution in [3.8, 4) is 6.07 Å². The summed E-state index contributed by atoms with van der Waals surface area (Å²) in [6.45, 7) is 10.1. The maximum absolute atomic E-state index is 9.07. The summed E-state index contributed by atoms with van der Waals surface area (Å²) in [5, 5.41) is 9.07. The first-order valence-electron chi connectivity index (χ1n) is 5.26. The van der Waals surface area contributed by atoms with Crippen LogP contribution in [0.4, 0.5) is 0 Å². The molecule has 1 nitrogen and oxygen atoms in total. The molecule has 0 saturated heterocycles. The minimum Gasteiger partial charge on any atom is -0.192 e. The molecule has 1 aromatic carbocycles. The number of hydrogen-bond donors (Lipinski definition) is 0. The summed E-state index contributed by atoms with van der Waals surface area (Å²) in [5.74, 6) is 0.700. The maximum atomic E-state index is 9.07. The van der Waals surface area contributed by atoms with Gasteiger partial charge < -0.3 is 0 Å². The molecule has 1 atom stereocenters. The smallest absolute Gasteiger partial charge is 0.0994 e. The Hall–Kier alpha value is -1.55. The van der Waals surface area contributed by atoms with E-state index in [4.69, 9.17) is 5.26 Å². The Morgan fingerprint density at radius 3 is 2.47 bits per heavy atom. The van der Waals surface area contributed by atoms with Crippen molar-refractivity contribution in [3.63, 3.8) is 0 Å². The standard InChI is InChI=1S/C14H17N/c1-5-11(4)12-6-7-14(10(2)3)13(8-12)9-15/h5-8,10-11H,1H2,2-4H3. The number of allylic oxidation sites excluding steroid dienone is 1. The van der Waals surface area contributed by atoms with E-state index in [-0.39, 0.29) is 0 Å². The quantitative estimate of drug-likeness (QED) is 0.676. The van der Waals surface area contributed by atoms with Gasteiger partial charge in [-0.15, -0.1) is 6.58 Å². The van der Waals surface area contributed by atoms with Gasteiger partial charge in [-0.3, -0.25) is 0 Å². The van der Waals surface area contributed by atoms with Crippen LogP contribution in [0.15, 0.2) is 30.9 Å². The van der Waals surface area contributed by atoms with Crippen LogP contribution in [0.5, 0.6) is 0 Å². The van der Waals surface area contributed by atoms with Crippen molar-refractivity contribution in [3.05, 3.63) is 47.5 Å². The first-order valence-corrected chi connectivity index (χ1v) is 5.26.